The third-order valence-corrected chi connectivity index (χ3v) is 3.03. The van der Waals surface area contributed by atoms with Crippen LogP contribution in [0.3, 0.4) is 0 Å². The van der Waals surface area contributed by atoms with Crippen molar-refractivity contribution in [3.8, 4) is 0 Å². The van der Waals surface area contributed by atoms with Gasteiger partial charge in [-0.25, -0.2) is 0 Å². The molecule has 1 atom stereocenters. The van der Waals surface area contributed by atoms with Crippen LogP contribution in [-0.2, 0) is 4.79 Å². The van der Waals surface area contributed by atoms with Crippen LogP contribution in [0.5, 0.6) is 0 Å². The highest BCUT2D eigenvalue weighted by Gasteiger charge is 2.29. The van der Waals surface area contributed by atoms with Gasteiger partial charge in [-0.3, -0.25) is 4.79 Å². The van der Waals surface area contributed by atoms with Crippen LogP contribution < -0.4 is 0 Å². The fourth-order valence-corrected chi connectivity index (χ4v) is 2.22. The number of carboxylic acids is 1. The van der Waals surface area contributed by atoms with E-state index in [1.54, 1.807) is 4.90 Å². The quantitative estimate of drug-likeness (QED) is 0.837. The van der Waals surface area contributed by atoms with Gasteiger partial charge in [0.15, 0.2) is 0 Å². The van der Waals surface area contributed by atoms with Crippen LogP contribution in [0.2, 0.25) is 0 Å². The molecule has 1 fully saturated rings. The van der Waals surface area contributed by atoms with Crippen molar-refractivity contribution >= 4 is 5.97 Å². The summed E-state index contributed by atoms with van der Waals surface area (Å²) in [6.07, 6.45) is -2.33. The van der Waals surface area contributed by atoms with Gasteiger partial charge in [0.05, 0.1) is 6.42 Å². The molecule has 0 saturated carbocycles. The zero-order valence-electron chi connectivity index (χ0n) is 9.67. The van der Waals surface area contributed by atoms with Gasteiger partial charge in [0.2, 0.25) is 0 Å². The molecular weight excluding hydrogens is 235 g/mol. The van der Waals surface area contributed by atoms with E-state index in [-0.39, 0.29) is 18.9 Å². The van der Waals surface area contributed by atoms with Gasteiger partial charge in [0.1, 0.15) is 0 Å². The van der Waals surface area contributed by atoms with Crippen molar-refractivity contribution in [3.05, 3.63) is 0 Å². The molecule has 0 aromatic rings. The molecule has 1 aliphatic rings. The van der Waals surface area contributed by atoms with Crippen molar-refractivity contribution < 1.29 is 23.1 Å². The number of aliphatic carboxylic acids is 1. The van der Waals surface area contributed by atoms with E-state index >= 15 is 0 Å². The lowest BCUT2D eigenvalue weighted by Gasteiger charge is -2.23. The Morgan fingerprint density at radius 2 is 2.06 bits per heavy atom. The van der Waals surface area contributed by atoms with E-state index < -0.39 is 18.6 Å². The van der Waals surface area contributed by atoms with Crippen molar-refractivity contribution in [2.75, 3.05) is 19.6 Å². The number of carboxylic acid groups (broad SMARTS) is 1. The largest absolute Gasteiger partial charge is 0.481 e. The van der Waals surface area contributed by atoms with Crippen molar-refractivity contribution in [2.45, 2.75) is 38.3 Å². The Morgan fingerprint density at radius 3 is 2.65 bits per heavy atom. The van der Waals surface area contributed by atoms with E-state index in [9.17, 15) is 18.0 Å². The minimum atomic E-state index is -4.13. The van der Waals surface area contributed by atoms with Gasteiger partial charge in [-0.2, -0.15) is 13.2 Å². The minimum Gasteiger partial charge on any atom is -0.481 e. The first-order valence-corrected chi connectivity index (χ1v) is 5.88. The fourth-order valence-electron chi connectivity index (χ4n) is 2.22. The van der Waals surface area contributed by atoms with Crippen molar-refractivity contribution in [3.63, 3.8) is 0 Å². The Labute approximate surface area is 98.6 Å². The minimum absolute atomic E-state index is 0.0109. The molecule has 6 heteroatoms. The lowest BCUT2D eigenvalue weighted by molar-refractivity contribution is -0.140. The Bertz CT molecular complexity index is 256. The summed E-state index contributed by atoms with van der Waals surface area (Å²) in [5, 5.41) is 8.70. The van der Waals surface area contributed by atoms with Crippen molar-refractivity contribution in [1.29, 1.82) is 0 Å². The zero-order valence-corrected chi connectivity index (χ0v) is 9.67. The number of hydrogen-bond donors (Lipinski definition) is 1. The lowest BCUT2D eigenvalue weighted by atomic mass is 10.00. The standard InChI is InChI=1S/C11H18F3NO2/c12-11(13,14)4-6-15-5-2-1-3-9(8-15)7-10(16)17/h9H,1-8H2,(H,16,17). The van der Waals surface area contributed by atoms with Crippen molar-refractivity contribution in [2.24, 2.45) is 5.92 Å². The first kappa shape index (κ1) is 14.3. The maximum atomic E-state index is 12.1. The highest BCUT2D eigenvalue weighted by Crippen LogP contribution is 2.23. The Hall–Kier alpha value is -0.780. The molecule has 0 amide bonds. The van der Waals surface area contributed by atoms with E-state index in [0.717, 1.165) is 19.3 Å². The Morgan fingerprint density at radius 1 is 1.35 bits per heavy atom. The highest BCUT2D eigenvalue weighted by molar-refractivity contribution is 5.67. The summed E-state index contributed by atoms with van der Waals surface area (Å²) in [4.78, 5) is 12.3. The number of hydrogen-bond acceptors (Lipinski definition) is 2. The molecule has 0 aromatic carbocycles. The summed E-state index contributed by atoms with van der Waals surface area (Å²) in [6, 6.07) is 0. The molecule has 0 bridgehead atoms. The summed E-state index contributed by atoms with van der Waals surface area (Å²) in [7, 11) is 0. The molecule has 0 aromatic heterocycles. The number of likely N-dealkylation sites (tertiary alicyclic amines) is 1. The summed E-state index contributed by atoms with van der Waals surface area (Å²) in [5.74, 6) is -0.879. The van der Waals surface area contributed by atoms with Crippen molar-refractivity contribution in [1.82, 2.24) is 4.90 Å². The van der Waals surface area contributed by atoms with Gasteiger partial charge in [0, 0.05) is 19.5 Å². The van der Waals surface area contributed by atoms with Crippen LogP contribution >= 0.6 is 0 Å². The smallest absolute Gasteiger partial charge is 0.390 e. The van der Waals surface area contributed by atoms with E-state index in [2.05, 4.69) is 0 Å². The van der Waals surface area contributed by atoms with E-state index in [1.165, 1.54) is 0 Å². The monoisotopic (exact) mass is 253 g/mol. The van der Waals surface area contributed by atoms with Gasteiger partial charge in [-0.05, 0) is 25.3 Å². The molecule has 3 nitrogen and oxygen atoms in total. The van der Waals surface area contributed by atoms with Crippen LogP contribution in [-0.4, -0.2) is 41.8 Å². The normalized spacial score (nSPS) is 23.4. The molecular formula is C11H18F3NO2. The molecule has 100 valence electrons. The average Bonchev–Trinajstić information content (AvgIpc) is 2.38. The van der Waals surface area contributed by atoms with Gasteiger partial charge in [-0.15, -0.1) is 0 Å². The molecule has 17 heavy (non-hydrogen) atoms. The maximum Gasteiger partial charge on any atom is 0.390 e. The second-order valence-corrected chi connectivity index (χ2v) is 4.63. The van der Waals surface area contributed by atoms with E-state index in [0.29, 0.717) is 13.1 Å². The number of carbonyl (C=O) groups is 1. The molecule has 0 spiro atoms. The van der Waals surface area contributed by atoms with Crippen LogP contribution in [0.4, 0.5) is 13.2 Å². The third-order valence-electron chi connectivity index (χ3n) is 3.03. The SMILES string of the molecule is O=C(O)CC1CCCCN(CCC(F)(F)F)C1. The molecule has 1 rings (SSSR count). The Kier molecular flexibility index (Phi) is 5.24. The first-order chi connectivity index (χ1) is 7.87. The maximum absolute atomic E-state index is 12.1. The number of alkyl halides is 3. The van der Waals surface area contributed by atoms with Gasteiger partial charge >= 0.3 is 12.1 Å². The van der Waals surface area contributed by atoms with E-state index in [1.807, 2.05) is 0 Å². The fraction of sp³-hybridized carbons (Fsp3) is 0.909. The molecule has 1 unspecified atom stereocenters. The van der Waals surface area contributed by atoms with Crippen LogP contribution in [0.25, 0.3) is 0 Å². The summed E-state index contributed by atoms with van der Waals surface area (Å²) < 4.78 is 36.3. The molecule has 1 heterocycles. The summed E-state index contributed by atoms with van der Waals surface area (Å²) >= 11 is 0. The highest BCUT2D eigenvalue weighted by atomic mass is 19.4. The predicted molar refractivity (Wildman–Crippen MR) is 56.7 cm³/mol. The summed E-state index contributed by atoms with van der Waals surface area (Å²) in [6.45, 7) is 1.11. The number of halogens is 3. The third kappa shape index (κ3) is 6.51. The van der Waals surface area contributed by atoms with Gasteiger partial charge in [-0.1, -0.05) is 6.42 Å². The molecule has 1 saturated heterocycles. The van der Waals surface area contributed by atoms with Crippen LogP contribution in [0.15, 0.2) is 0 Å². The predicted octanol–water partition coefficient (Wildman–Crippen LogP) is 2.52. The number of nitrogens with zero attached hydrogens (tertiary/aromatic N) is 1. The molecule has 0 aliphatic carbocycles. The first-order valence-electron chi connectivity index (χ1n) is 5.88. The van der Waals surface area contributed by atoms with Gasteiger partial charge in [0.25, 0.3) is 0 Å². The molecule has 1 N–H and O–H groups in total. The lowest BCUT2D eigenvalue weighted by Crippen LogP contribution is -2.32. The zero-order chi connectivity index (χ0) is 12.9. The second-order valence-electron chi connectivity index (χ2n) is 4.63. The van der Waals surface area contributed by atoms with Crippen LogP contribution in [0.1, 0.15) is 32.1 Å². The summed E-state index contributed by atoms with van der Waals surface area (Å²) in [5.41, 5.74) is 0. The molecule has 0 radical (unpaired) electrons. The Balaban J connectivity index is 2.40. The molecule has 1 aliphatic heterocycles. The van der Waals surface area contributed by atoms with Gasteiger partial charge < -0.3 is 10.0 Å². The van der Waals surface area contributed by atoms with E-state index in [4.69, 9.17) is 5.11 Å². The topological polar surface area (TPSA) is 40.5 Å². The second kappa shape index (κ2) is 6.23. The average molecular weight is 253 g/mol. The number of rotatable bonds is 4. The van der Waals surface area contributed by atoms with Crippen LogP contribution in [0, 0.1) is 5.92 Å².